The number of anilines is 1. The van der Waals surface area contributed by atoms with Gasteiger partial charge in [-0.3, -0.25) is 10.2 Å². The average Bonchev–Trinajstić information content (AvgIpc) is 2.28. The summed E-state index contributed by atoms with van der Waals surface area (Å²) in [7, 11) is 0. The Hall–Kier alpha value is -2.15. The Kier molecular flexibility index (Phi) is 3.20. The molecule has 6 nitrogen and oxygen atoms in total. The van der Waals surface area contributed by atoms with Crippen LogP contribution in [0.1, 0.15) is 5.56 Å². The SMILES string of the molecule is NC(=S)NN=Cc1ccc2c(c1)NC(=O)CO2. The molecule has 0 unspecified atom stereocenters. The fourth-order valence-corrected chi connectivity index (χ4v) is 1.40. The summed E-state index contributed by atoms with van der Waals surface area (Å²) >= 11 is 4.60. The molecule has 0 atom stereocenters. The third kappa shape index (κ3) is 2.91. The maximum atomic E-state index is 11.1. The molecule has 7 heteroatoms. The smallest absolute Gasteiger partial charge is 0.262 e. The number of carbonyl (C=O) groups excluding carboxylic acids is 1. The van der Waals surface area contributed by atoms with Crippen molar-refractivity contribution in [3.63, 3.8) is 0 Å². The van der Waals surface area contributed by atoms with E-state index in [0.717, 1.165) is 5.56 Å². The Morgan fingerprint density at radius 3 is 3.24 bits per heavy atom. The van der Waals surface area contributed by atoms with Crippen LogP contribution in [0.25, 0.3) is 0 Å². The normalized spacial score (nSPS) is 13.8. The van der Waals surface area contributed by atoms with Crippen LogP contribution in [0.3, 0.4) is 0 Å². The molecule has 1 aromatic carbocycles. The van der Waals surface area contributed by atoms with Gasteiger partial charge in [-0.2, -0.15) is 5.10 Å². The van der Waals surface area contributed by atoms with Gasteiger partial charge in [-0.25, -0.2) is 0 Å². The van der Waals surface area contributed by atoms with E-state index in [9.17, 15) is 4.79 Å². The highest BCUT2D eigenvalue weighted by molar-refractivity contribution is 7.80. The third-order valence-corrected chi connectivity index (χ3v) is 2.12. The number of hydrogen-bond donors (Lipinski definition) is 3. The third-order valence-electron chi connectivity index (χ3n) is 2.02. The van der Waals surface area contributed by atoms with E-state index in [-0.39, 0.29) is 17.6 Å². The number of nitrogens with one attached hydrogen (secondary N) is 2. The lowest BCUT2D eigenvalue weighted by Crippen LogP contribution is -2.25. The number of carbonyl (C=O) groups is 1. The van der Waals surface area contributed by atoms with E-state index in [0.29, 0.717) is 11.4 Å². The lowest BCUT2D eigenvalue weighted by Gasteiger charge is -2.17. The second-order valence-corrected chi connectivity index (χ2v) is 3.77. The van der Waals surface area contributed by atoms with Crippen molar-refractivity contribution in [2.45, 2.75) is 0 Å². The molecule has 88 valence electrons. The molecule has 1 aliphatic rings. The first kappa shape index (κ1) is 11.3. The Morgan fingerprint density at radius 1 is 1.65 bits per heavy atom. The Morgan fingerprint density at radius 2 is 2.47 bits per heavy atom. The molecule has 0 fully saturated rings. The number of thiocarbonyl (C=S) groups is 1. The number of nitrogens with two attached hydrogens (primary N) is 1. The van der Waals surface area contributed by atoms with Crippen molar-refractivity contribution in [1.29, 1.82) is 0 Å². The van der Waals surface area contributed by atoms with Crippen LogP contribution < -0.4 is 21.2 Å². The van der Waals surface area contributed by atoms with E-state index >= 15 is 0 Å². The standard InChI is InChI=1S/C10H10N4O2S/c11-10(17)14-12-4-6-1-2-8-7(3-6)13-9(15)5-16-8/h1-4H,5H2,(H,13,15)(H3,11,14,17). The maximum absolute atomic E-state index is 11.1. The minimum absolute atomic E-state index is 0.0451. The van der Waals surface area contributed by atoms with Crippen LogP contribution in [0.4, 0.5) is 5.69 Å². The second-order valence-electron chi connectivity index (χ2n) is 3.33. The lowest BCUT2D eigenvalue weighted by atomic mass is 10.2. The molecule has 17 heavy (non-hydrogen) atoms. The van der Waals surface area contributed by atoms with Crippen LogP contribution in [0.15, 0.2) is 23.3 Å². The zero-order chi connectivity index (χ0) is 12.3. The molecule has 2 rings (SSSR count). The largest absolute Gasteiger partial charge is 0.482 e. The predicted molar refractivity (Wildman–Crippen MR) is 68.1 cm³/mol. The second kappa shape index (κ2) is 4.79. The zero-order valence-electron chi connectivity index (χ0n) is 8.77. The van der Waals surface area contributed by atoms with Gasteiger partial charge in [0.2, 0.25) is 0 Å². The summed E-state index contributed by atoms with van der Waals surface area (Å²) in [6.45, 7) is 0.0451. The number of amides is 1. The number of fused-ring (bicyclic) bond motifs is 1. The molecule has 0 bridgehead atoms. The minimum atomic E-state index is -0.173. The summed E-state index contributed by atoms with van der Waals surface area (Å²) in [6, 6.07) is 5.31. The molecule has 0 aromatic heterocycles. The highest BCUT2D eigenvalue weighted by Crippen LogP contribution is 2.27. The molecule has 0 saturated heterocycles. The minimum Gasteiger partial charge on any atom is -0.482 e. The molecule has 1 aromatic rings. The van der Waals surface area contributed by atoms with E-state index in [1.807, 2.05) is 0 Å². The summed E-state index contributed by atoms with van der Waals surface area (Å²) in [5.74, 6) is 0.469. The van der Waals surface area contributed by atoms with Gasteiger partial charge < -0.3 is 15.8 Å². The van der Waals surface area contributed by atoms with Crippen molar-refractivity contribution in [2.75, 3.05) is 11.9 Å². The van der Waals surface area contributed by atoms with Gasteiger partial charge in [-0.05, 0) is 36.0 Å². The highest BCUT2D eigenvalue weighted by atomic mass is 32.1. The van der Waals surface area contributed by atoms with Crippen molar-refractivity contribution in [1.82, 2.24) is 5.43 Å². The predicted octanol–water partition coefficient (Wildman–Crippen LogP) is 0.185. The van der Waals surface area contributed by atoms with Gasteiger partial charge in [0.15, 0.2) is 11.7 Å². The zero-order valence-corrected chi connectivity index (χ0v) is 9.58. The Labute approximate surface area is 103 Å². The van der Waals surface area contributed by atoms with Gasteiger partial charge in [0, 0.05) is 0 Å². The van der Waals surface area contributed by atoms with E-state index in [2.05, 4.69) is 28.1 Å². The first-order valence-electron chi connectivity index (χ1n) is 4.80. The molecule has 0 aliphatic carbocycles. The number of hydrogen-bond acceptors (Lipinski definition) is 4. The van der Waals surface area contributed by atoms with Crippen LogP contribution >= 0.6 is 12.2 Å². The summed E-state index contributed by atoms with van der Waals surface area (Å²) in [5.41, 5.74) is 9.07. The van der Waals surface area contributed by atoms with Crippen LogP contribution in [-0.2, 0) is 4.79 Å². The van der Waals surface area contributed by atoms with E-state index in [1.54, 1.807) is 24.4 Å². The van der Waals surface area contributed by atoms with Crippen LogP contribution in [0.5, 0.6) is 5.75 Å². The van der Waals surface area contributed by atoms with Gasteiger partial charge in [0.05, 0.1) is 11.9 Å². The van der Waals surface area contributed by atoms with Gasteiger partial charge in [-0.1, -0.05) is 0 Å². The van der Waals surface area contributed by atoms with E-state index < -0.39 is 0 Å². The molecule has 0 saturated carbocycles. The van der Waals surface area contributed by atoms with Crippen LogP contribution in [0, 0.1) is 0 Å². The maximum Gasteiger partial charge on any atom is 0.262 e. The molecular weight excluding hydrogens is 240 g/mol. The number of rotatable bonds is 2. The summed E-state index contributed by atoms with van der Waals surface area (Å²) in [6.07, 6.45) is 1.54. The molecule has 1 amide bonds. The number of ether oxygens (including phenoxy) is 1. The first-order valence-corrected chi connectivity index (χ1v) is 5.21. The average molecular weight is 250 g/mol. The number of hydrazone groups is 1. The van der Waals surface area contributed by atoms with Gasteiger partial charge in [0.1, 0.15) is 5.75 Å². The van der Waals surface area contributed by atoms with E-state index in [4.69, 9.17) is 10.5 Å². The lowest BCUT2D eigenvalue weighted by molar-refractivity contribution is -0.118. The van der Waals surface area contributed by atoms with Crippen molar-refractivity contribution >= 4 is 35.1 Å². The van der Waals surface area contributed by atoms with Gasteiger partial charge in [0.25, 0.3) is 5.91 Å². The van der Waals surface area contributed by atoms with Crippen LogP contribution in [-0.4, -0.2) is 23.8 Å². The molecule has 1 heterocycles. The van der Waals surface area contributed by atoms with Crippen molar-refractivity contribution in [3.8, 4) is 5.75 Å². The fourth-order valence-electron chi connectivity index (χ4n) is 1.35. The molecule has 4 N–H and O–H groups in total. The summed E-state index contributed by atoms with van der Waals surface area (Å²) < 4.78 is 5.22. The molecule has 0 spiro atoms. The molecular formula is C10H10N4O2S. The first-order chi connectivity index (χ1) is 8.15. The molecule has 1 aliphatic heterocycles. The summed E-state index contributed by atoms with van der Waals surface area (Å²) in [5, 5.41) is 6.61. The Balaban J connectivity index is 2.15. The summed E-state index contributed by atoms with van der Waals surface area (Å²) in [4.78, 5) is 11.1. The molecule has 0 radical (unpaired) electrons. The van der Waals surface area contributed by atoms with Crippen molar-refractivity contribution in [2.24, 2.45) is 10.8 Å². The van der Waals surface area contributed by atoms with Crippen LogP contribution in [0.2, 0.25) is 0 Å². The highest BCUT2D eigenvalue weighted by Gasteiger charge is 2.15. The quantitative estimate of drug-likeness (QED) is 0.396. The Bertz CT molecular complexity index is 501. The monoisotopic (exact) mass is 250 g/mol. The topological polar surface area (TPSA) is 88.7 Å². The van der Waals surface area contributed by atoms with Crippen molar-refractivity contribution in [3.05, 3.63) is 23.8 Å². The van der Waals surface area contributed by atoms with Crippen molar-refractivity contribution < 1.29 is 9.53 Å². The number of benzene rings is 1. The van der Waals surface area contributed by atoms with Gasteiger partial charge >= 0.3 is 0 Å². The number of nitrogens with zero attached hydrogens (tertiary/aromatic N) is 1. The van der Waals surface area contributed by atoms with Gasteiger partial charge in [-0.15, -0.1) is 0 Å². The fraction of sp³-hybridized carbons (Fsp3) is 0.100. The van der Waals surface area contributed by atoms with E-state index in [1.165, 1.54) is 0 Å².